The smallest absolute Gasteiger partial charge is 0.200 e. The van der Waals surface area contributed by atoms with Gasteiger partial charge in [0.25, 0.3) is 0 Å². The van der Waals surface area contributed by atoms with Crippen LogP contribution < -0.4 is 9.47 Å². The van der Waals surface area contributed by atoms with Gasteiger partial charge in [-0.05, 0) is 51.7 Å². The Hall–Kier alpha value is -4.41. The first kappa shape index (κ1) is 24.3. The molecule has 0 fully saturated rings. The molecule has 0 aliphatic rings. The van der Waals surface area contributed by atoms with Gasteiger partial charge in [0.05, 0.1) is 19.8 Å². The fourth-order valence-electron chi connectivity index (χ4n) is 4.55. The van der Waals surface area contributed by atoms with E-state index in [9.17, 15) is 4.79 Å². The Kier molecular flexibility index (Phi) is 7.29. The van der Waals surface area contributed by atoms with Crippen molar-refractivity contribution in [1.29, 1.82) is 0 Å². The minimum absolute atomic E-state index is 0.206. The molecular weight excluding hydrogens is 460 g/mol. The standard InChI is InChI=1S/C33H28O4/c1-35-28-19-20-30(36-2)29(22-28)31(34)33(27-18-17-23-11-9-10-16-26(23)21-27)37-32(24-12-5-3-6-13-24)25-14-7-4-8-15-25/h3-22,32-33H,1-2H3/t33-/m0/s1. The number of rotatable bonds is 9. The second-order valence-electron chi connectivity index (χ2n) is 8.75. The highest BCUT2D eigenvalue weighted by molar-refractivity contribution is 6.03. The Balaban J connectivity index is 1.65. The molecule has 0 saturated heterocycles. The summed E-state index contributed by atoms with van der Waals surface area (Å²) in [7, 11) is 3.13. The van der Waals surface area contributed by atoms with Crippen molar-refractivity contribution in [3.05, 3.63) is 144 Å². The first-order chi connectivity index (χ1) is 18.2. The number of hydrogen-bond acceptors (Lipinski definition) is 4. The molecule has 0 aromatic heterocycles. The maximum absolute atomic E-state index is 14.3. The lowest BCUT2D eigenvalue weighted by Gasteiger charge is -2.26. The first-order valence-corrected chi connectivity index (χ1v) is 12.2. The molecule has 0 saturated carbocycles. The highest BCUT2D eigenvalue weighted by atomic mass is 16.5. The van der Waals surface area contributed by atoms with Crippen LogP contribution in [0.3, 0.4) is 0 Å². The minimum atomic E-state index is -0.893. The van der Waals surface area contributed by atoms with E-state index in [1.807, 2.05) is 97.1 Å². The largest absolute Gasteiger partial charge is 0.497 e. The van der Waals surface area contributed by atoms with Gasteiger partial charge in [-0.2, -0.15) is 0 Å². The van der Waals surface area contributed by atoms with E-state index in [2.05, 4.69) is 6.07 Å². The van der Waals surface area contributed by atoms with Crippen LogP contribution in [0.2, 0.25) is 0 Å². The van der Waals surface area contributed by atoms with Crippen LogP contribution in [0.25, 0.3) is 10.8 Å². The van der Waals surface area contributed by atoms with Crippen LogP contribution in [0.4, 0.5) is 0 Å². The van der Waals surface area contributed by atoms with Gasteiger partial charge in [0.1, 0.15) is 23.7 Å². The topological polar surface area (TPSA) is 44.8 Å². The number of ether oxygens (including phenoxy) is 3. The minimum Gasteiger partial charge on any atom is -0.497 e. The molecule has 5 rings (SSSR count). The van der Waals surface area contributed by atoms with Crippen LogP contribution >= 0.6 is 0 Å². The number of carbonyl (C=O) groups excluding carboxylic acids is 1. The Bertz CT molecular complexity index is 1460. The van der Waals surface area contributed by atoms with Crippen molar-refractivity contribution in [2.75, 3.05) is 14.2 Å². The summed E-state index contributed by atoms with van der Waals surface area (Å²) in [4.78, 5) is 14.3. The van der Waals surface area contributed by atoms with Crippen molar-refractivity contribution in [2.45, 2.75) is 12.2 Å². The lowest BCUT2D eigenvalue weighted by molar-refractivity contribution is 0.0115. The zero-order valence-corrected chi connectivity index (χ0v) is 20.8. The maximum atomic E-state index is 14.3. The maximum Gasteiger partial charge on any atom is 0.200 e. The normalized spacial score (nSPS) is 11.9. The second-order valence-corrected chi connectivity index (χ2v) is 8.75. The van der Waals surface area contributed by atoms with E-state index < -0.39 is 12.2 Å². The summed E-state index contributed by atoms with van der Waals surface area (Å²) >= 11 is 0. The zero-order valence-electron chi connectivity index (χ0n) is 20.8. The molecule has 5 aromatic rings. The number of methoxy groups -OCH3 is 2. The summed E-state index contributed by atoms with van der Waals surface area (Å²) < 4.78 is 17.8. The van der Waals surface area contributed by atoms with Gasteiger partial charge in [-0.25, -0.2) is 0 Å². The van der Waals surface area contributed by atoms with E-state index in [1.54, 1.807) is 32.4 Å². The molecule has 0 bridgehead atoms. The Morgan fingerprint density at radius 1 is 0.595 bits per heavy atom. The molecule has 0 N–H and O–H groups in total. The quantitative estimate of drug-likeness (QED) is 0.201. The van der Waals surface area contributed by atoms with Crippen LogP contribution in [-0.4, -0.2) is 20.0 Å². The molecule has 5 aromatic carbocycles. The van der Waals surface area contributed by atoms with Gasteiger partial charge in [-0.1, -0.05) is 97.1 Å². The summed E-state index contributed by atoms with van der Waals surface area (Å²) in [5.74, 6) is 0.836. The molecule has 0 aliphatic heterocycles. The Morgan fingerprint density at radius 2 is 1.22 bits per heavy atom. The van der Waals surface area contributed by atoms with Crippen molar-refractivity contribution in [3.8, 4) is 11.5 Å². The summed E-state index contributed by atoms with van der Waals surface area (Å²) in [5.41, 5.74) is 3.10. The van der Waals surface area contributed by atoms with Crippen LogP contribution in [0.1, 0.15) is 39.3 Å². The van der Waals surface area contributed by atoms with Gasteiger partial charge in [0.15, 0.2) is 5.78 Å². The monoisotopic (exact) mass is 488 g/mol. The molecule has 184 valence electrons. The van der Waals surface area contributed by atoms with Crippen molar-refractivity contribution >= 4 is 16.6 Å². The van der Waals surface area contributed by atoms with Gasteiger partial charge in [0.2, 0.25) is 0 Å². The van der Waals surface area contributed by atoms with Crippen LogP contribution in [0.15, 0.2) is 121 Å². The van der Waals surface area contributed by atoms with Gasteiger partial charge >= 0.3 is 0 Å². The molecule has 0 aliphatic carbocycles. The molecule has 0 radical (unpaired) electrons. The van der Waals surface area contributed by atoms with E-state index in [0.29, 0.717) is 17.1 Å². The number of carbonyl (C=O) groups is 1. The molecule has 37 heavy (non-hydrogen) atoms. The summed E-state index contributed by atoms with van der Waals surface area (Å²) in [5, 5.41) is 2.13. The van der Waals surface area contributed by atoms with Crippen LogP contribution in [0.5, 0.6) is 11.5 Å². The number of ketones is 1. The van der Waals surface area contributed by atoms with Crippen LogP contribution in [-0.2, 0) is 4.74 Å². The van der Waals surface area contributed by atoms with E-state index in [1.165, 1.54) is 0 Å². The summed E-state index contributed by atoms with van der Waals surface area (Å²) in [6.07, 6.45) is -1.35. The Labute approximate surface area is 217 Å². The van der Waals surface area contributed by atoms with E-state index in [-0.39, 0.29) is 5.78 Å². The lowest BCUT2D eigenvalue weighted by atomic mass is 9.95. The molecule has 4 heteroatoms. The van der Waals surface area contributed by atoms with E-state index in [0.717, 1.165) is 27.5 Å². The third-order valence-corrected chi connectivity index (χ3v) is 6.46. The fourth-order valence-corrected chi connectivity index (χ4v) is 4.55. The number of fused-ring (bicyclic) bond motifs is 1. The number of Topliss-reactive ketones (excluding diaryl/α,β-unsaturated/α-hetero) is 1. The average Bonchev–Trinajstić information content (AvgIpc) is 2.97. The Morgan fingerprint density at radius 3 is 1.84 bits per heavy atom. The summed E-state index contributed by atoms with van der Waals surface area (Å²) in [6, 6.07) is 39.3. The van der Waals surface area contributed by atoms with Crippen molar-refractivity contribution < 1.29 is 19.0 Å². The van der Waals surface area contributed by atoms with Crippen molar-refractivity contribution in [2.24, 2.45) is 0 Å². The van der Waals surface area contributed by atoms with Crippen molar-refractivity contribution in [1.82, 2.24) is 0 Å². The van der Waals surface area contributed by atoms with E-state index >= 15 is 0 Å². The zero-order chi connectivity index (χ0) is 25.6. The van der Waals surface area contributed by atoms with Gasteiger partial charge in [-0.15, -0.1) is 0 Å². The second kappa shape index (κ2) is 11.1. The third-order valence-electron chi connectivity index (χ3n) is 6.46. The van der Waals surface area contributed by atoms with Crippen LogP contribution in [0, 0.1) is 0 Å². The first-order valence-electron chi connectivity index (χ1n) is 12.2. The highest BCUT2D eigenvalue weighted by Crippen LogP contribution is 2.37. The van der Waals surface area contributed by atoms with E-state index in [4.69, 9.17) is 14.2 Å². The number of benzene rings is 5. The lowest BCUT2D eigenvalue weighted by Crippen LogP contribution is -2.21. The molecule has 0 spiro atoms. The predicted molar refractivity (Wildman–Crippen MR) is 146 cm³/mol. The fraction of sp³-hybridized carbons (Fsp3) is 0.121. The molecule has 0 amide bonds. The molecule has 1 atom stereocenters. The van der Waals surface area contributed by atoms with Crippen molar-refractivity contribution in [3.63, 3.8) is 0 Å². The molecular formula is C33H28O4. The summed E-state index contributed by atoms with van der Waals surface area (Å²) in [6.45, 7) is 0. The SMILES string of the molecule is COc1ccc(OC)c(C(=O)[C@@H](OC(c2ccccc2)c2ccccc2)c2ccc3ccccc3c2)c1. The number of hydrogen-bond donors (Lipinski definition) is 0. The average molecular weight is 489 g/mol. The highest BCUT2D eigenvalue weighted by Gasteiger charge is 2.30. The third kappa shape index (κ3) is 5.25. The van der Waals surface area contributed by atoms with Gasteiger partial charge in [0, 0.05) is 0 Å². The predicted octanol–water partition coefficient (Wildman–Crippen LogP) is 7.59. The molecule has 0 heterocycles. The van der Waals surface area contributed by atoms with Gasteiger partial charge < -0.3 is 14.2 Å². The molecule has 4 nitrogen and oxygen atoms in total. The van der Waals surface area contributed by atoms with Gasteiger partial charge in [-0.3, -0.25) is 4.79 Å². The molecule has 0 unspecified atom stereocenters.